The molecule has 1 aliphatic carbocycles. The number of ether oxygens (including phenoxy) is 2. The van der Waals surface area contributed by atoms with Crippen LogP contribution in [0.2, 0.25) is 0 Å². The third kappa shape index (κ3) is 6.27. The molecule has 0 unspecified atom stereocenters. The summed E-state index contributed by atoms with van der Waals surface area (Å²) >= 11 is 1.34. The lowest BCUT2D eigenvalue weighted by atomic mass is 10.0. The summed E-state index contributed by atoms with van der Waals surface area (Å²) in [7, 11) is 0. The van der Waals surface area contributed by atoms with E-state index < -0.39 is 17.6 Å². The Hall–Kier alpha value is -4.73. The number of benzene rings is 2. The van der Waals surface area contributed by atoms with Gasteiger partial charge in [0, 0.05) is 30.1 Å². The van der Waals surface area contributed by atoms with Gasteiger partial charge >= 0.3 is 5.97 Å². The molecule has 12 heteroatoms. The van der Waals surface area contributed by atoms with Crippen LogP contribution in [0.25, 0.3) is 22.3 Å². The first-order chi connectivity index (χ1) is 21.7. The summed E-state index contributed by atoms with van der Waals surface area (Å²) < 4.78 is 44.2. The van der Waals surface area contributed by atoms with Crippen molar-refractivity contribution in [3.8, 4) is 29.0 Å². The van der Waals surface area contributed by atoms with E-state index >= 15 is 8.78 Å². The van der Waals surface area contributed by atoms with E-state index in [0.717, 1.165) is 31.4 Å². The number of aromatic nitrogens is 5. The van der Waals surface area contributed by atoms with Crippen LogP contribution in [-0.4, -0.2) is 48.5 Å². The van der Waals surface area contributed by atoms with E-state index in [0.29, 0.717) is 40.0 Å². The van der Waals surface area contributed by atoms with E-state index in [9.17, 15) is 9.90 Å². The zero-order valence-corrected chi connectivity index (χ0v) is 25.0. The lowest BCUT2D eigenvalue weighted by molar-refractivity contribution is -0.0589. The Labute approximate surface area is 260 Å². The number of carboxylic acids is 1. The van der Waals surface area contributed by atoms with Crippen molar-refractivity contribution in [2.45, 2.75) is 51.9 Å². The van der Waals surface area contributed by atoms with Crippen LogP contribution in [0.4, 0.5) is 8.78 Å². The molecule has 0 radical (unpaired) electrons. The zero-order chi connectivity index (χ0) is 31.1. The highest BCUT2D eigenvalue weighted by Crippen LogP contribution is 2.44. The standard InChI is InChI=1S/C33H27F2N5O4S/c1-33(10-11-33)9-7-30-38-39-31(45-30)18-44-29-4-2-3-25(37-29)22-16-23(34)20(13-24(22)35)15-28-36-26-6-5-19(32(41)42)14-27(26)40(28)17-21-8-12-43-21/h2-6,13-14,16,21H,8,10-12,15,17-18H2,1H3,(H,41,42)/t21-/m0/s1. The summed E-state index contributed by atoms with van der Waals surface area (Å²) in [6, 6.07) is 11.8. The Kier molecular flexibility index (Phi) is 7.51. The molecule has 5 aromatic rings. The maximum Gasteiger partial charge on any atom is 0.335 e. The second-order valence-electron chi connectivity index (χ2n) is 11.5. The maximum absolute atomic E-state index is 15.5. The number of hydrogen-bond acceptors (Lipinski definition) is 8. The van der Waals surface area contributed by atoms with Crippen molar-refractivity contribution in [1.82, 2.24) is 24.7 Å². The maximum atomic E-state index is 15.5. The van der Waals surface area contributed by atoms with E-state index in [-0.39, 0.29) is 52.8 Å². The predicted octanol–water partition coefficient (Wildman–Crippen LogP) is 6.04. The molecule has 4 heterocycles. The third-order valence-corrected chi connectivity index (χ3v) is 8.83. The van der Waals surface area contributed by atoms with Crippen LogP contribution in [-0.2, 0) is 24.3 Å². The van der Waals surface area contributed by atoms with Gasteiger partial charge in [0.25, 0.3) is 0 Å². The van der Waals surface area contributed by atoms with Crippen molar-refractivity contribution in [2.24, 2.45) is 5.41 Å². The Bertz CT molecular complexity index is 2010. The van der Waals surface area contributed by atoms with Gasteiger partial charge in [0.05, 0.1) is 34.9 Å². The molecule has 0 bridgehead atoms. The Morgan fingerprint density at radius 2 is 2.00 bits per heavy atom. The molecular weight excluding hydrogens is 600 g/mol. The first kappa shape index (κ1) is 29.0. The average molecular weight is 628 g/mol. The molecule has 2 aromatic carbocycles. The van der Waals surface area contributed by atoms with Gasteiger partial charge in [-0.25, -0.2) is 23.5 Å². The molecule has 1 saturated carbocycles. The molecule has 7 rings (SSSR count). The molecule has 2 aliphatic rings. The van der Waals surface area contributed by atoms with Crippen molar-refractivity contribution < 1.29 is 28.2 Å². The second-order valence-corrected chi connectivity index (χ2v) is 12.6. The molecule has 0 amide bonds. The SMILES string of the molecule is CC1(C#Cc2nnc(COc3cccc(-c4cc(F)c(Cc5nc6ccc(C(=O)O)cc6n5C[C@@H]5CCO5)cc4F)n3)s2)CC1. The van der Waals surface area contributed by atoms with Gasteiger partial charge in [0.15, 0.2) is 10.0 Å². The molecule has 3 aromatic heterocycles. The molecule has 0 spiro atoms. The largest absolute Gasteiger partial charge is 0.478 e. The topological polar surface area (TPSA) is 112 Å². The summed E-state index contributed by atoms with van der Waals surface area (Å²) in [6.07, 6.45) is 2.98. The minimum atomic E-state index is -1.06. The fraction of sp³-hybridized carbons (Fsp3) is 0.303. The number of nitrogens with zero attached hydrogens (tertiary/aromatic N) is 5. The zero-order valence-electron chi connectivity index (χ0n) is 24.2. The molecular formula is C33H27F2N5O4S. The van der Waals surface area contributed by atoms with Gasteiger partial charge in [-0.2, -0.15) is 0 Å². The summed E-state index contributed by atoms with van der Waals surface area (Å²) in [6.45, 7) is 3.31. The van der Waals surface area contributed by atoms with Crippen LogP contribution in [0.3, 0.4) is 0 Å². The quantitative estimate of drug-likeness (QED) is 0.197. The minimum Gasteiger partial charge on any atom is -0.478 e. The number of pyridine rings is 1. The van der Waals surface area contributed by atoms with E-state index in [1.807, 2.05) is 4.57 Å². The number of carbonyl (C=O) groups is 1. The first-order valence-corrected chi connectivity index (χ1v) is 15.3. The fourth-order valence-corrected chi connectivity index (χ4v) is 5.63. The van der Waals surface area contributed by atoms with Crippen LogP contribution in [0, 0.1) is 28.9 Å². The fourth-order valence-electron chi connectivity index (χ4n) is 5.03. The monoisotopic (exact) mass is 627 g/mol. The summed E-state index contributed by atoms with van der Waals surface area (Å²) in [5, 5.41) is 19.0. The Balaban J connectivity index is 1.10. The average Bonchev–Trinajstić information content (AvgIpc) is 3.41. The van der Waals surface area contributed by atoms with Crippen molar-refractivity contribution >= 4 is 28.3 Å². The lowest BCUT2D eigenvalue weighted by Gasteiger charge is -2.27. The number of aromatic carboxylic acids is 1. The lowest BCUT2D eigenvalue weighted by Crippen LogP contribution is -2.31. The highest BCUT2D eigenvalue weighted by molar-refractivity contribution is 7.11. The highest BCUT2D eigenvalue weighted by atomic mass is 32.1. The molecule has 1 saturated heterocycles. The predicted molar refractivity (Wildman–Crippen MR) is 162 cm³/mol. The molecule has 228 valence electrons. The number of carboxylic acid groups (broad SMARTS) is 1. The molecule has 1 N–H and O–H groups in total. The highest BCUT2D eigenvalue weighted by Gasteiger charge is 2.35. The van der Waals surface area contributed by atoms with Gasteiger partial charge in [0.1, 0.15) is 24.1 Å². The van der Waals surface area contributed by atoms with Crippen LogP contribution < -0.4 is 4.74 Å². The molecule has 1 atom stereocenters. The normalized spacial score (nSPS) is 16.6. The number of imidazole rings is 1. The van der Waals surface area contributed by atoms with Gasteiger partial charge in [-0.1, -0.05) is 23.3 Å². The smallest absolute Gasteiger partial charge is 0.335 e. The number of fused-ring (bicyclic) bond motifs is 1. The van der Waals surface area contributed by atoms with E-state index in [4.69, 9.17) is 9.47 Å². The van der Waals surface area contributed by atoms with E-state index in [1.165, 1.54) is 17.4 Å². The van der Waals surface area contributed by atoms with Gasteiger partial charge < -0.3 is 19.1 Å². The van der Waals surface area contributed by atoms with Crippen molar-refractivity contribution in [3.05, 3.63) is 87.1 Å². The van der Waals surface area contributed by atoms with Gasteiger partial charge in [0.2, 0.25) is 5.88 Å². The Morgan fingerprint density at radius 3 is 2.76 bits per heavy atom. The van der Waals surface area contributed by atoms with Gasteiger partial charge in [-0.05, 0) is 74.1 Å². The third-order valence-electron chi connectivity index (χ3n) is 8.02. The van der Waals surface area contributed by atoms with Gasteiger partial charge in [-0.3, -0.25) is 0 Å². The second kappa shape index (κ2) is 11.6. The van der Waals surface area contributed by atoms with Crippen LogP contribution >= 0.6 is 11.3 Å². The van der Waals surface area contributed by atoms with Crippen molar-refractivity contribution in [2.75, 3.05) is 6.61 Å². The molecule has 1 aliphatic heterocycles. The number of rotatable bonds is 9. The number of halogens is 2. The van der Waals surface area contributed by atoms with Gasteiger partial charge in [-0.15, -0.1) is 10.2 Å². The molecule has 45 heavy (non-hydrogen) atoms. The number of hydrogen-bond donors (Lipinski definition) is 1. The van der Waals surface area contributed by atoms with Crippen LogP contribution in [0.15, 0.2) is 48.5 Å². The van der Waals surface area contributed by atoms with E-state index in [2.05, 4.69) is 38.9 Å². The molecule has 2 fully saturated rings. The van der Waals surface area contributed by atoms with Crippen LogP contribution in [0.5, 0.6) is 5.88 Å². The summed E-state index contributed by atoms with van der Waals surface area (Å²) in [5.41, 5.74) is 1.70. The van der Waals surface area contributed by atoms with Crippen LogP contribution in [0.1, 0.15) is 57.9 Å². The Morgan fingerprint density at radius 1 is 1.16 bits per heavy atom. The molecule has 9 nitrogen and oxygen atoms in total. The summed E-state index contributed by atoms with van der Waals surface area (Å²) in [4.78, 5) is 20.6. The van der Waals surface area contributed by atoms with Crippen molar-refractivity contribution in [1.29, 1.82) is 0 Å². The summed E-state index contributed by atoms with van der Waals surface area (Å²) in [5.74, 6) is 4.69. The minimum absolute atomic E-state index is 0.00310. The first-order valence-electron chi connectivity index (χ1n) is 14.5. The van der Waals surface area contributed by atoms with E-state index in [1.54, 1.807) is 30.3 Å². The van der Waals surface area contributed by atoms with Crippen molar-refractivity contribution in [3.63, 3.8) is 0 Å².